The van der Waals surface area contributed by atoms with Crippen molar-refractivity contribution in [3.63, 3.8) is 0 Å². The van der Waals surface area contributed by atoms with E-state index in [0.717, 1.165) is 16.7 Å². The molecule has 4 heteroatoms. The Morgan fingerprint density at radius 3 is 2.53 bits per heavy atom. The Bertz CT molecular complexity index is 559. The molecule has 2 N–H and O–H groups in total. The second-order valence-electron chi connectivity index (χ2n) is 3.94. The molecular formula is C13H12N2O2. The van der Waals surface area contributed by atoms with Crippen LogP contribution in [0, 0.1) is 17.0 Å². The molecule has 0 radical (unpaired) electrons. The number of nitro benzene ring substituents is 1. The third kappa shape index (κ3) is 2.42. The molecule has 0 aromatic heterocycles. The third-order valence-corrected chi connectivity index (χ3v) is 2.49. The Balaban J connectivity index is 2.52. The first-order valence-corrected chi connectivity index (χ1v) is 5.18. The van der Waals surface area contributed by atoms with Crippen molar-refractivity contribution in [2.45, 2.75) is 6.92 Å². The minimum absolute atomic E-state index is 0.0857. The molecule has 0 atom stereocenters. The number of non-ortho nitro benzene ring substituents is 1. The number of hydrogen-bond acceptors (Lipinski definition) is 3. The minimum Gasteiger partial charge on any atom is -0.399 e. The van der Waals surface area contributed by atoms with E-state index < -0.39 is 4.92 Å². The molecular weight excluding hydrogens is 216 g/mol. The maximum absolute atomic E-state index is 10.7. The number of hydrogen-bond donors (Lipinski definition) is 1. The second-order valence-corrected chi connectivity index (χ2v) is 3.94. The lowest BCUT2D eigenvalue weighted by atomic mass is 10.0. The Hall–Kier alpha value is -2.36. The number of benzene rings is 2. The van der Waals surface area contributed by atoms with Crippen LogP contribution in [0.4, 0.5) is 11.4 Å². The molecule has 86 valence electrons. The van der Waals surface area contributed by atoms with Gasteiger partial charge in [-0.3, -0.25) is 10.1 Å². The minimum atomic E-state index is -0.400. The molecule has 0 heterocycles. The van der Waals surface area contributed by atoms with Crippen LogP contribution in [-0.4, -0.2) is 4.92 Å². The van der Waals surface area contributed by atoms with E-state index >= 15 is 0 Å². The quantitative estimate of drug-likeness (QED) is 0.487. The number of rotatable bonds is 2. The van der Waals surface area contributed by atoms with E-state index in [2.05, 4.69) is 0 Å². The molecule has 0 saturated carbocycles. The lowest BCUT2D eigenvalue weighted by molar-refractivity contribution is -0.384. The van der Waals surface area contributed by atoms with Crippen LogP contribution in [0.3, 0.4) is 0 Å². The summed E-state index contributed by atoms with van der Waals surface area (Å²) in [7, 11) is 0. The zero-order chi connectivity index (χ0) is 12.4. The van der Waals surface area contributed by atoms with Gasteiger partial charge in [-0.1, -0.05) is 18.2 Å². The van der Waals surface area contributed by atoms with Crippen LogP contribution in [0.5, 0.6) is 0 Å². The van der Waals surface area contributed by atoms with Crippen molar-refractivity contribution >= 4 is 11.4 Å². The van der Waals surface area contributed by atoms with Crippen molar-refractivity contribution in [3.05, 3.63) is 58.1 Å². The predicted molar refractivity (Wildman–Crippen MR) is 67.7 cm³/mol. The Kier molecular flexibility index (Phi) is 2.78. The average Bonchev–Trinajstić information content (AvgIpc) is 2.28. The van der Waals surface area contributed by atoms with E-state index in [1.165, 1.54) is 6.07 Å². The van der Waals surface area contributed by atoms with Gasteiger partial charge in [0.25, 0.3) is 5.69 Å². The highest BCUT2D eigenvalue weighted by molar-refractivity contribution is 5.70. The SMILES string of the molecule is Cc1cc(N)cc(-c2cccc([N+](=O)[O-])c2)c1. The van der Waals surface area contributed by atoms with Crippen molar-refractivity contribution < 1.29 is 4.92 Å². The smallest absolute Gasteiger partial charge is 0.270 e. The molecule has 2 aromatic rings. The summed E-state index contributed by atoms with van der Waals surface area (Å²) in [5, 5.41) is 10.7. The standard InChI is InChI=1S/C13H12N2O2/c1-9-5-11(7-12(14)6-9)10-3-2-4-13(8-10)15(16)17/h2-8H,14H2,1H3. The van der Waals surface area contributed by atoms with Crippen LogP contribution in [0.25, 0.3) is 11.1 Å². The fourth-order valence-corrected chi connectivity index (χ4v) is 1.78. The maximum Gasteiger partial charge on any atom is 0.270 e. The van der Waals surface area contributed by atoms with Crippen molar-refractivity contribution in [1.29, 1.82) is 0 Å². The third-order valence-electron chi connectivity index (χ3n) is 2.49. The highest BCUT2D eigenvalue weighted by Gasteiger charge is 2.07. The van der Waals surface area contributed by atoms with Crippen LogP contribution in [0.2, 0.25) is 0 Å². The second kappa shape index (κ2) is 4.25. The van der Waals surface area contributed by atoms with Gasteiger partial charge in [0.05, 0.1) is 4.92 Å². The van der Waals surface area contributed by atoms with Crippen LogP contribution in [-0.2, 0) is 0 Å². The summed E-state index contributed by atoms with van der Waals surface area (Å²) in [4.78, 5) is 10.3. The van der Waals surface area contributed by atoms with Gasteiger partial charge in [-0.15, -0.1) is 0 Å². The van der Waals surface area contributed by atoms with Crippen molar-refractivity contribution in [2.24, 2.45) is 0 Å². The van der Waals surface area contributed by atoms with Gasteiger partial charge >= 0.3 is 0 Å². The largest absolute Gasteiger partial charge is 0.399 e. The number of nitrogens with zero attached hydrogens (tertiary/aromatic N) is 1. The summed E-state index contributed by atoms with van der Waals surface area (Å²) in [6.45, 7) is 1.94. The zero-order valence-corrected chi connectivity index (χ0v) is 9.38. The summed E-state index contributed by atoms with van der Waals surface area (Å²) < 4.78 is 0. The van der Waals surface area contributed by atoms with Gasteiger partial charge in [0.1, 0.15) is 0 Å². The molecule has 0 saturated heterocycles. The van der Waals surface area contributed by atoms with Gasteiger partial charge < -0.3 is 5.73 Å². The van der Waals surface area contributed by atoms with Gasteiger partial charge in [0, 0.05) is 17.8 Å². The Morgan fingerprint density at radius 2 is 1.88 bits per heavy atom. The van der Waals surface area contributed by atoms with Crippen LogP contribution in [0.1, 0.15) is 5.56 Å². The normalized spacial score (nSPS) is 10.2. The van der Waals surface area contributed by atoms with Crippen molar-refractivity contribution in [3.8, 4) is 11.1 Å². The lowest BCUT2D eigenvalue weighted by Gasteiger charge is -2.05. The van der Waals surface area contributed by atoms with Gasteiger partial charge in [-0.25, -0.2) is 0 Å². The molecule has 2 aromatic carbocycles. The van der Waals surface area contributed by atoms with E-state index in [0.29, 0.717) is 5.69 Å². The fourth-order valence-electron chi connectivity index (χ4n) is 1.78. The number of aryl methyl sites for hydroxylation is 1. The number of nitro groups is 1. The molecule has 0 aliphatic heterocycles. The molecule has 0 fully saturated rings. The van der Waals surface area contributed by atoms with Crippen LogP contribution < -0.4 is 5.73 Å². The first-order valence-electron chi connectivity index (χ1n) is 5.18. The van der Waals surface area contributed by atoms with Gasteiger partial charge in [0.2, 0.25) is 0 Å². The highest BCUT2D eigenvalue weighted by Crippen LogP contribution is 2.26. The molecule has 0 unspecified atom stereocenters. The average molecular weight is 228 g/mol. The van der Waals surface area contributed by atoms with Gasteiger partial charge in [-0.2, -0.15) is 0 Å². The van der Waals surface area contributed by atoms with E-state index in [-0.39, 0.29) is 5.69 Å². The molecule has 0 aliphatic carbocycles. The summed E-state index contributed by atoms with van der Waals surface area (Å²) in [5.41, 5.74) is 9.23. The molecule has 0 aliphatic rings. The number of nitrogen functional groups attached to an aromatic ring is 1. The first kappa shape index (κ1) is 11.1. The molecule has 2 rings (SSSR count). The lowest BCUT2D eigenvalue weighted by Crippen LogP contribution is -1.90. The van der Waals surface area contributed by atoms with Crippen LogP contribution in [0.15, 0.2) is 42.5 Å². The van der Waals surface area contributed by atoms with Crippen molar-refractivity contribution in [1.82, 2.24) is 0 Å². The van der Waals surface area contributed by atoms with Crippen molar-refractivity contribution in [2.75, 3.05) is 5.73 Å². The monoisotopic (exact) mass is 228 g/mol. The number of nitrogens with two attached hydrogens (primary N) is 1. The molecule has 0 spiro atoms. The highest BCUT2D eigenvalue weighted by atomic mass is 16.6. The van der Waals surface area contributed by atoms with E-state index in [1.807, 2.05) is 31.2 Å². The molecule has 0 bridgehead atoms. The fraction of sp³-hybridized carbons (Fsp3) is 0.0769. The summed E-state index contributed by atoms with van der Waals surface area (Å²) in [5.74, 6) is 0. The first-order chi connectivity index (χ1) is 8.06. The van der Waals surface area contributed by atoms with E-state index in [9.17, 15) is 10.1 Å². The summed E-state index contributed by atoms with van der Waals surface area (Å²) in [6.07, 6.45) is 0. The van der Waals surface area contributed by atoms with Crippen LogP contribution >= 0.6 is 0 Å². The molecule has 4 nitrogen and oxygen atoms in total. The number of anilines is 1. The summed E-state index contributed by atoms with van der Waals surface area (Å²) >= 11 is 0. The molecule has 0 amide bonds. The Morgan fingerprint density at radius 1 is 1.12 bits per heavy atom. The summed E-state index contributed by atoms with van der Waals surface area (Å²) in [6, 6.07) is 12.2. The van der Waals surface area contributed by atoms with Gasteiger partial charge in [-0.05, 0) is 35.7 Å². The molecule has 17 heavy (non-hydrogen) atoms. The Labute approximate surface area is 98.8 Å². The maximum atomic E-state index is 10.7. The van der Waals surface area contributed by atoms with E-state index in [1.54, 1.807) is 12.1 Å². The van der Waals surface area contributed by atoms with E-state index in [4.69, 9.17) is 5.73 Å². The zero-order valence-electron chi connectivity index (χ0n) is 9.38. The van der Waals surface area contributed by atoms with Gasteiger partial charge in [0.15, 0.2) is 0 Å². The topological polar surface area (TPSA) is 69.2 Å². The predicted octanol–water partition coefficient (Wildman–Crippen LogP) is 3.15.